The van der Waals surface area contributed by atoms with Crippen molar-refractivity contribution in [3.8, 4) is 11.5 Å². The fourth-order valence-corrected chi connectivity index (χ4v) is 2.96. The highest BCUT2D eigenvalue weighted by molar-refractivity contribution is 5.51. The van der Waals surface area contributed by atoms with Crippen LogP contribution in [0.25, 0.3) is 0 Å². The van der Waals surface area contributed by atoms with Gasteiger partial charge in [0.2, 0.25) is 0 Å². The predicted molar refractivity (Wildman–Crippen MR) is 79.0 cm³/mol. The maximum Gasteiger partial charge on any atom is 0.162 e. The van der Waals surface area contributed by atoms with Crippen molar-refractivity contribution in [3.05, 3.63) is 59.2 Å². The number of phenols is 1. The van der Waals surface area contributed by atoms with Crippen LogP contribution >= 0.6 is 0 Å². The van der Waals surface area contributed by atoms with Gasteiger partial charge in [0, 0.05) is 18.2 Å². The lowest BCUT2D eigenvalue weighted by Crippen LogP contribution is -2.30. The van der Waals surface area contributed by atoms with Gasteiger partial charge in [-0.1, -0.05) is 36.4 Å². The molecule has 1 aliphatic rings. The third-order valence-electron chi connectivity index (χ3n) is 4.10. The van der Waals surface area contributed by atoms with E-state index in [0.29, 0.717) is 11.8 Å². The van der Waals surface area contributed by atoms with E-state index in [1.165, 1.54) is 11.1 Å². The van der Waals surface area contributed by atoms with Crippen LogP contribution < -0.4 is 4.74 Å². The second-order valence-electron chi connectivity index (χ2n) is 5.30. The standard InChI is InChI=1S/C17H19NO2/c1-18-11-14-13(8-9-16(20-2)17(14)19)10-15(18)12-6-4-3-5-7-12/h3-9,15,19H,10-11H2,1-2H3/t15-/m1/s1. The summed E-state index contributed by atoms with van der Waals surface area (Å²) < 4.78 is 5.19. The molecule has 0 amide bonds. The van der Waals surface area contributed by atoms with E-state index in [9.17, 15) is 5.11 Å². The normalized spacial score (nSPS) is 18.6. The summed E-state index contributed by atoms with van der Waals surface area (Å²) >= 11 is 0. The van der Waals surface area contributed by atoms with E-state index in [0.717, 1.165) is 18.5 Å². The van der Waals surface area contributed by atoms with Crippen molar-refractivity contribution in [2.75, 3.05) is 14.2 Å². The molecule has 0 radical (unpaired) electrons. The van der Waals surface area contributed by atoms with E-state index in [1.807, 2.05) is 12.1 Å². The molecule has 20 heavy (non-hydrogen) atoms. The van der Waals surface area contributed by atoms with Crippen LogP contribution in [0.3, 0.4) is 0 Å². The molecule has 0 fully saturated rings. The second kappa shape index (κ2) is 5.17. The van der Waals surface area contributed by atoms with Crippen LogP contribution in [0, 0.1) is 0 Å². The smallest absolute Gasteiger partial charge is 0.162 e. The van der Waals surface area contributed by atoms with Gasteiger partial charge in [0.1, 0.15) is 0 Å². The number of ether oxygens (including phenoxy) is 1. The van der Waals surface area contributed by atoms with E-state index in [1.54, 1.807) is 7.11 Å². The van der Waals surface area contributed by atoms with Crippen molar-refractivity contribution in [3.63, 3.8) is 0 Å². The molecule has 1 atom stereocenters. The Morgan fingerprint density at radius 2 is 1.90 bits per heavy atom. The summed E-state index contributed by atoms with van der Waals surface area (Å²) in [5.74, 6) is 0.832. The van der Waals surface area contributed by atoms with E-state index in [2.05, 4.69) is 42.3 Å². The predicted octanol–water partition coefficient (Wildman–Crippen LogP) is 3.13. The minimum atomic E-state index is 0.281. The van der Waals surface area contributed by atoms with Crippen molar-refractivity contribution < 1.29 is 9.84 Å². The molecule has 1 heterocycles. The average molecular weight is 269 g/mol. The highest BCUT2D eigenvalue weighted by Crippen LogP contribution is 2.40. The largest absolute Gasteiger partial charge is 0.504 e. The molecule has 0 spiro atoms. The van der Waals surface area contributed by atoms with Crippen LogP contribution in [-0.2, 0) is 13.0 Å². The van der Waals surface area contributed by atoms with E-state index >= 15 is 0 Å². The third kappa shape index (κ3) is 2.14. The highest BCUT2D eigenvalue weighted by Gasteiger charge is 2.27. The quantitative estimate of drug-likeness (QED) is 0.909. The van der Waals surface area contributed by atoms with Crippen LogP contribution in [0.2, 0.25) is 0 Å². The molecule has 3 nitrogen and oxygen atoms in total. The molecule has 0 bridgehead atoms. The van der Waals surface area contributed by atoms with Crippen molar-refractivity contribution >= 4 is 0 Å². The molecular weight excluding hydrogens is 250 g/mol. The summed E-state index contributed by atoms with van der Waals surface area (Å²) in [5, 5.41) is 10.3. The lowest BCUT2D eigenvalue weighted by atomic mass is 9.89. The van der Waals surface area contributed by atoms with Crippen molar-refractivity contribution in [2.45, 2.75) is 19.0 Å². The summed E-state index contributed by atoms with van der Waals surface area (Å²) in [5.41, 5.74) is 3.50. The first-order valence-electron chi connectivity index (χ1n) is 6.83. The molecule has 0 unspecified atom stereocenters. The van der Waals surface area contributed by atoms with Crippen LogP contribution in [0.5, 0.6) is 11.5 Å². The van der Waals surface area contributed by atoms with Gasteiger partial charge in [0.05, 0.1) is 7.11 Å². The zero-order valence-electron chi connectivity index (χ0n) is 11.8. The van der Waals surface area contributed by atoms with Crippen LogP contribution in [0.4, 0.5) is 0 Å². The Balaban J connectivity index is 1.98. The van der Waals surface area contributed by atoms with Crippen molar-refractivity contribution in [2.24, 2.45) is 0 Å². The number of fused-ring (bicyclic) bond motifs is 1. The SMILES string of the molecule is COc1ccc2c(c1O)CN(C)[C@@H](c1ccccc1)C2. The fraction of sp³-hybridized carbons (Fsp3) is 0.294. The number of phenolic OH excluding ortho intramolecular Hbond substituents is 1. The Bertz CT molecular complexity index is 610. The first kappa shape index (κ1) is 13.0. The van der Waals surface area contributed by atoms with Gasteiger partial charge in [0.15, 0.2) is 11.5 Å². The lowest BCUT2D eigenvalue weighted by molar-refractivity contribution is 0.213. The van der Waals surface area contributed by atoms with Crippen LogP contribution in [0.1, 0.15) is 22.7 Å². The number of methoxy groups -OCH3 is 1. The molecule has 1 aliphatic heterocycles. The molecule has 0 saturated carbocycles. The Morgan fingerprint density at radius 1 is 1.15 bits per heavy atom. The number of hydrogen-bond acceptors (Lipinski definition) is 3. The summed E-state index contributed by atoms with van der Waals surface area (Å²) in [4.78, 5) is 2.27. The Labute approximate surface area is 119 Å². The van der Waals surface area contributed by atoms with Gasteiger partial charge in [-0.15, -0.1) is 0 Å². The van der Waals surface area contributed by atoms with Gasteiger partial charge in [-0.3, -0.25) is 4.90 Å². The molecule has 0 aromatic heterocycles. The Kier molecular flexibility index (Phi) is 3.36. The van der Waals surface area contributed by atoms with Gasteiger partial charge in [-0.05, 0) is 30.7 Å². The third-order valence-corrected chi connectivity index (χ3v) is 4.10. The number of rotatable bonds is 2. The van der Waals surface area contributed by atoms with Crippen molar-refractivity contribution in [1.82, 2.24) is 4.90 Å². The Morgan fingerprint density at radius 3 is 2.60 bits per heavy atom. The second-order valence-corrected chi connectivity index (χ2v) is 5.30. The minimum Gasteiger partial charge on any atom is -0.504 e. The van der Waals surface area contributed by atoms with Crippen LogP contribution in [0.15, 0.2) is 42.5 Å². The molecule has 3 rings (SSSR count). The maximum atomic E-state index is 10.3. The zero-order valence-corrected chi connectivity index (χ0v) is 11.8. The number of likely N-dealkylation sites (N-methyl/N-ethyl adjacent to an activating group) is 1. The average Bonchev–Trinajstić information content (AvgIpc) is 2.49. The van der Waals surface area contributed by atoms with E-state index in [-0.39, 0.29) is 5.75 Å². The van der Waals surface area contributed by atoms with Gasteiger partial charge in [-0.25, -0.2) is 0 Å². The summed E-state index contributed by atoms with van der Waals surface area (Å²) in [6.07, 6.45) is 0.910. The summed E-state index contributed by atoms with van der Waals surface area (Å²) in [6.45, 7) is 0.734. The molecule has 3 heteroatoms. The van der Waals surface area contributed by atoms with Gasteiger partial charge in [-0.2, -0.15) is 0 Å². The highest BCUT2D eigenvalue weighted by atomic mass is 16.5. The molecule has 0 saturated heterocycles. The summed E-state index contributed by atoms with van der Waals surface area (Å²) in [7, 11) is 3.68. The maximum absolute atomic E-state index is 10.3. The Hall–Kier alpha value is -2.00. The first-order valence-corrected chi connectivity index (χ1v) is 6.83. The number of benzene rings is 2. The molecule has 0 aliphatic carbocycles. The van der Waals surface area contributed by atoms with Crippen molar-refractivity contribution in [1.29, 1.82) is 0 Å². The van der Waals surface area contributed by atoms with Gasteiger partial charge in [0.25, 0.3) is 0 Å². The first-order chi connectivity index (χ1) is 9.70. The van der Waals surface area contributed by atoms with E-state index < -0.39 is 0 Å². The monoisotopic (exact) mass is 269 g/mol. The molecule has 1 N–H and O–H groups in total. The zero-order chi connectivity index (χ0) is 14.1. The van der Waals surface area contributed by atoms with Crippen LogP contribution in [-0.4, -0.2) is 24.2 Å². The number of nitrogens with zero attached hydrogens (tertiary/aromatic N) is 1. The molecule has 104 valence electrons. The fourth-order valence-electron chi connectivity index (χ4n) is 2.96. The minimum absolute atomic E-state index is 0.281. The topological polar surface area (TPSA) is 32.7 Å². The molecular formula is C17H19NO2. The van der Waals surface area contributed by atoms with Gasteiger partial charge >= 0.3 is 0 Å². The van der Waals surface area contributed by atoms with Gasteiger partial charge < -0.3 is 9.84 Å². The number of aromatic hydroxyl groups is 1. The molecule has 2 aromatic carbocycles. The summed E-state index contributed by atoms with van der Waals surface area (Å²) in [6, 6.07) is 14.8. The number of hydrogen-bond donors (Lipinski definition) is 1. The lowest BCUT2D eigenvalue weighted by Gasteiger charge is -2.35. The van der Waals surface area contributed by atoms with E-state index in [4.69, 9.17) is 4.74 Å². The molecule has 2 aromatic rings.